The average molecular weight is 443 g/mol. The molecule has 1 N–H and O–H groups in total. The van der Waals surface area contributed by atoms with Gasteiger partial charge in [0.25, 0.3) is 11.8 Å². The minimum Gasteiger partial charge on any atom is -0.334 e. The Bertz CT molecular complexity index is 1220. The molecule has 168 valence electrons. The third-order valence-electron chi connectivity index (χ3n) is 6.28. The average Bonchev–Trinajstić information content (AvgIpc) is 3.34. The van der Waals surface area contributed by atoms with Crippen LogP contribution in [0.1, 0.15) is 57.8 Å². The molecule has 2 aromatic carbocycles. The Morgan fingerprint density at radius 1 is 1.03 bits per heavy atom. The van der Waals surface area contributed by atoms with Crippen LogP contribution in [0, 0.1) is 6.92 Å². The number of hydrogen-bond donors (Lipinski definition) is 1. The van der Waals surface area contributed by atoms with E-state index in [1.54, 1.807) is 12.1 Å². The third-order valence-corrected chi connectivity index (χ3v) is 6.28. The van der Waals surface area contributed by atoms with Crippen molar-refractivity contribution < 1.29 is 14.4 Å². The number of rotatable bonds is 6. The van der Waals surface area contributed by atoms with E-state index in [9.17, 15) is 14.4 Å². The van der Waals surface area contributed by atoms with Crippen LogP contribution in [0.2, 0.25) is 0 Å². The summed E-state index contributed by atoms with van der Waals surface area (Å²) in [6, 6.07) is 12.9. The van der Waals surface area contributed by atoms with Gasteiger partial charge in [-0.3, -0.25) is 19.3 Å². The number of nitrogens with one attached hydrogen (secondary N) is 1. The highest BCUT2D eigenvalue weighted by atomic mass is 16.2. The number of imidazole rings is 1. The topological polar surface area (TPSA) is 84.3 Å². The molecule has 0 atom stereocenters. The Hall–Kier alpha value is -3.74. The Morgan fingerprint density at radius 2 is 1.82 bits per heavy atom. The molecule has 0 fully saturated rings. The molecule has 7 nitrogen and oxygen atoms in total. The van der Waals surface area contributed by atoms with Gasteiger partial charge in [-0.25, -0.2) is 4.98 Å². The summed E-state index contributed by atoms with van der Waals surface area (Å²) in [5.41, 5.74) is 4.52. The van der Waals surface area contributed by atoms with Crippen molar-refractivity contribution >= 4 is 23.4 Å². The quantitative estimate of drug-likeness (QED) is 0.580. The second kappa shape index (κ2) is 8.65. The summed E-state index contributed by atoms with van der Waals surface area (Å²) < 4.78 is 2.23. The van der Waals surface area contributed by atoms with Crippen molar-refractivity contribution in [2.45, 2.75) is 45.6 Å². The van der Waals surface area contributed by atoms with E-state index in [1.807, 2.05) is 37.3 Å². The lowest BCUT2D eigenvalue weighted by molar-refractivity contribution is -0.116. The number of anilines is 1. The van der Waals surface area contributed by atoms with E-state index in [2.05, 4.69) is 16.1 Å². The van der Waals surface area contributed by atoms with E-state index in [-0.39, 0.29) is 30.7 Å². The van der Waals surface area contributed by atoms with Gasteiger partial charge in [-0.1, -0.05) is 23.8 Å². The second-order valence-corrected chi connectivity index (χ2v) is 8.73. The molecule has 7 heteroatoms. The second-order valence-electron chi connectivity index (χ2n) is 8.73. The summed E-state index contributed by atoms with van der Waals surface area (Å²) in [5.74, 6) is 0.428. The number of benzene rings is 2. The summed E-state index contributed by atoms with van der Waals surface area (Å²) in [5, 5.41) is 2.89. The fourth-order valence-electron chi connectivity index (χ4n) is 4.50. The van der Waals surface area contributed by atoms with Crippen LogP contribution < -0.4 is 5.32 Å². The van der Waals surface area contributed by atoms with E-state index in [1.165, 1.54) is 17.7 Å². The van der Waals surface area contributed by atoms with Crippen molar-refractivity contribution in [3.63, 3.8) is 0 Å². The monoisotopic (exact) mass is 442 g/mol. The first-order chi connectivity index (χ1) is 16.0. The Kier molecular flexibility index (Phi) is 5.54. The third kappa shape index (κ3) is 4.18. The molecule has 33 heavy (non-hydrogen) atoms. The Morgan fingerprint density at radius 3 is 2.61 bits per heavy atom. The number of hydrogen-bond acceptors (Lipinski definition) is 4. The predicted molar refractivity (Wildman–Crippen MR) is 125 cm³/mol. The number of aryl methyl sites for hydroxylation is 3. The first kappa shape index (κ1) is 21.1. The summed E-state index contributed by atoms with van der Waals surface area (Å²) in [6.07, 6.45) is 6.14. The minimum atomic E-state index is -0.285. The summed E-state index contributed by atoms with van der Waals surface area (Å²) >= 11 is 0. The molecule has 0 saturated carbocycles. The lowest BCUT2D eigenvalue weighted by atomic mass is 10.1. The zero-order valence-corrected chi connectivity index (χ0v) is 18.6. The summed E-state index contributed by atoms with van der Waals surface area (Å²) in [4.78, 5) is 43.4. The zero-order chi connectivity index (χ0) is 22.9. The first-order valence-corrected chi connectivity index (χ1v) is 11.4. The molecule has 1 aromatic heterocycles. The van der Waals surface area contributed by atoms with Crippen molar-refractivity contribution in [2.75, 3.05) is 11.9 Å². The van der Waals surface area contributed by atoms with Crippen LogP contribution in [-0.2, 0) is 17.8 Å². The standard InChI is InChI=1S/C26H26N4O3/c1-17-7-12-20-21(15-17)26(33)30(25(20)32)14-4-6-24(31)27-19-10-8-18(9-11-19)22-16-29-13-3-2-5-23(29)28-22/h7-12,15-16H,2-6,13-14H2,1H3,(H,27,31). The minimum absolute atomic E-state index is 0.146. The highest BCUT2D eigenvalue weighted by Gasteiger charge is 2.34. The number of fused-ring (bicyclic) bond motifs is 2. The van der Waals surface area contributed by atoms with Gasteiger partial charge >= 0.3 is 0 Å². The molecule has 3 heterocycles. The van der Waals surface area contributed by atoms with Gasteiger partial charge in [0.15, 0.2) is 0 Å². The maximum absolute atomic E-state index is 12.5. The van der Waals surface area contributed by atoms with Crippen LogP contribution in [0.4, 0.5) is 5.69 Å². The maximum atomic E-state index is 12.5. The molecule has 0 bridgehead atoms. The van der Waals surface area contributed by atoms with Gasteiger partial charge in [0.2, 0.25) is 5.91 Å². The van der Waals surface area contributed by atoms with Crippen LogP contribution in [0.15, 0.2) is 48.7 Å². The van der Waals surface area contributed by atoms with Crippen molar-refractivity contribution in [2.24, 2.45) is 0 Å². The fraction of sp³-hybridized carbons (Fsp3) is 0.308. The molecule has 3 amide bonds. The zero-order valence-electron chi connectivity index (χ0n) is 18.6. The lowest BCUT2D eigenvalue weighted by Gasteiger charge is -2.13. The largest absolute Gasteiger partial charge is 0.334 e. The molecule has 0 radical (unpaired) electrons. The van der Waals surface area contributed by atoms with Crippen molar-refractivity contribution in [3.05, 3.63) is 71.2 Å². The summed E-state index contributed by atoms with van der Waals surface area (Å²) in [6.45, 7) is 3.14. The van der Waals surface area contributed by atoms with Gasteiger partial charge in [-0.15, -0.1) is 0 Å². The highest BCUT2D eigenvalue weighted by molar-refractivity contribution is 6.21. The van der Waals surface area contributed by atoms with Gasteiger partial charge in [0.1, 0.15) is 5.82 Å². The van der Waals surface area contributed by atoms with Gasteiger partial charge in [-0.2, -0.15) is 0 Å². The highest BCUT2D eigenvalue weighted by Crippen LogP contribution is 2.25. The van der Waals surface area contributed by atoms with Gasteiger partial charge in [0.05, 0.1) is 16.8 Å². The van der Waals surface area contributed by atoms with E-state index in [0.29, 0.717) is 23.2 Å². The molecule has 0 spiro atoms. The fourth-order valence-corrected chi connectivity index (χ4v) is 4.50. The lowest BCUT2D eigenvalue weighted by Crippen LogP contribution is -2.31. The van der Waals surface area contributed by atoms with Crippen LogP contribution in [0.25, 0.3) is 11.3 Å². The van der Waals surface area contributed by atoms with Crippen LogP contribution in [0.3, 0.4) is 0 Å². The molecular weight excluding hydrogens is 416 g/mol. The normalized spacial score (nSPS) is 14.9. The SMILES string of the molecule is Cc1ccc2c(c1)C(=O)N(CCCC(=O)Nc1ccc(-c3cn4c(n3)CCCC4)cc1)C2=O. The Balaban J connectivity index is 1.14. The van der Waals surface area contributed by atoms with Gasteiger partial charge in [0, 0.05) is 43.4 Å². The number of amides is 3. The number of imide groups is 1. The van der Waals surface area contributed by atoms with Crippen LogP contribution in [0.5, 0.6) is 0 Å². The van der Waals surface area contributed by atoms with Crippen LogP contribution >= 0.6 is 0 Å². The first-order valence-electron chi connectivity index (χ1n) is 11.4. The summed E-state index contributed by atoms with van der Waals surface area (Å²) in [7, 11) is 0. The van der Waals surface area contributed by atoms with Crippen molar-refractivity contribution in [3.8, 4) is 11.3 Å². The van der Waals surface area contributed by atoms with E-state index >= 15 is 0 Å². The molecule has 0 saturated heterocycles. The number of aromatic nitrogens is 2. The van der Waals surface area contributed by atoms with Crippen molar-refractivity contribution in [1.82, 2.24) is 14.5 Å². The molecule has 3 aromatic rings. The van der Waals surface area contributed by atoms with Gasteiger partial charge in [-0.05, 0) is 50.5 Å². The molecule has 0 unspecified atom stereocenters. The van der Waals surface area contributed by atoms with Gasteiger partial charge < -0.3 is 9.88 Å². The molecular formula is C26H26N4O3. The van der Waals surface area contributed by atoms with E-state index in [0.717, 1.165) is 35.6 Å². The van der Waals surface area contributed by atoms with E-state index < -0.39 is 0 Å². The Labute approximate surface area is 192 Å². The predicted octanol–water partition coefficient (Wildman–Crippen LogP) is 4.21. The maximum Gasteiger partial charge on any atom is 0.261 e. The van der Waals surface area contributed by atoms with Crippen LogP contribution in [-0.4, -0.2) is 38.7 Å². The van der Waals surface area contributed by atoms with Crippen molar-refractivity contribution in [1.29, 1.82) is 0 Å². The molecule has 2 aliphatic heterocycles. The molecule has 0 aliphatic carbocycles. The smallest absolute Gasteiger partial charge is 0.261 e. The molecule has 2 aliphatic rings. The number of carbonyl (C=O) groups excluding carboxylic acids is 3. The molecule has 5 rings (SSSR count). The number of carbonyl (C=O) groups is 3. The van der Waals surface area contributed by atoms with E-state index in [4.69, 9.17) is 4.98 Å². The number of nitrogens with zero attached hydrogens (tertiary/aromatic N) is 3.